The smallest absolute Gasteiger partial charge is 0.239 e. The molecule has 0 aromatic heterocycles. The lowest BCUT2D eigenvalue weighted by Gasteiger charge is -2.20. The Hall–Kier alpha value is -1.10. The molecular weight excluding hydrogens is 182 g/mol. The highest BCUT2D eigenvalue weighted by molar-refractivity contribution is 5.84. The fourth-order valence-electron chi connectivity index (χ4n) is 1.10. The number of hydrogen-bond donors (Lipinski definition) is 2. The molecule has 0 heterocycles. The van der Waals surface area contributed by atoms with Crippen molar-refractivity contribution in [1.82, 2.24) is 10.2 Å². The van der Waals surface area contributed by atoms with Crippen LogP contribution >= 0.6 is 0 Å². The van der Waals surface area contributed by atoms with E-state index in [4.69, 9.17) is 5.73 Å². The lowest BCUT2D eigenvalue weighted by Crippen LogP contribution is -2.40. The Morgan fingerprint density at radius 1 is 1.43 bits per heavy atom. The van der Waals surface area contributed by atoms with Gasteiger partial charge in [-0.15, -0.1) is 0 Å². The van der Waals surface area contributed by atoms with E-state index in [9.17, 15) is 9.59 Å². The van der Waals surface area contributed by atoms with E-state index in [1.807, 2.05) is 6.92 Å². The summed E-state index contributed by atoms with van der Waals surface area (Å²) in [4.78, 5) is 24.1. The van der Waals surface area contributed by atoms with Crippen molar-refractivity contribution < 1.29 is 9.59 Å². The second kappa shape index (κ2) is 7.32. The van der Waals surface area contributed by atoms with Crippen LogP contribution in [0.3, 0.4) is 0 Å². The molecule has 0 unspecified atom stereocenters. The van der Waals surface area contributed by atoms with Crippen molar-refractivity contribution in [3.8, 4) is 0 Å². The average molecular weight is 201 g/mol. The van der Waals surface area contributed by atoms with E-state index in [0.717, 1.165) is 6.42 Å². The molecule has 0 atom stereocenters. The van der Waals surface area contributed by atoms with Gasteiger partial charge in [-0.1, -0.05) is 6.92 Å². The quantitative estimate of drug-likeness (QED) is 0.598. The molecule has 2 amide bonds. The van der Waals surface area contributed by atoms with Crippen LogP contribution < -0.4 is 11.1 Å². The molecule has 0 aliphatic carbocycles. The van der Waals surface area contributed by atoms with Gasteiger partial charge in [-0.3, -0.25) is 9.59 Å². The highest BCUT2D eigenvalue weighted by atomic mass is 16.2. The molecule has 0 aliphatic heterocycles. The summed E-state index contributed by atoms with van der Waals surface area (Å²) in [5.41, 5.74) is 5.28. The van der Waals surface area contributed by atoms with Crippen LogP contribution in [0.25, 0.3) is 0 Å². The molecule has 0 rings (SSSR count). The SMILES string of the molecule is CCCN(CC(=O)NC)C(=O)CCN. The Morgan fingerprint density at radius 3 is 2.50 bits per heavy atom. The third kappa shape index (κ3) is 4.81. The Morgan fingerprint density at radius 2 is 2.07 bits per heavy atom. The molecule has 0 fully saturated rings. The van der Waals surface area contributed by atoms with Gasteiger partial charge in [0.05, 0.1) is 6.54 Å². The standard InChI is InChI=1S/C9H19N3O2/c1-3-6-12(7-8(13)11-2)9(14)4-5-10/h3-7,10H2,1-2H3,(H,11,13). The molecule has 5 heteroatoms. The van der Waals surface area contributed by atoms with Crippen molar-refractivity contribution in [3.05, 3.63) is 0 Å². The molecule has 0 spiro atoms. The van der Waals surface area contributed by atoms with Gasteiger partial charge in [-0.25, -0.2) is 0 Å². The summed E-state index contributed by atoms with van der Waals surface area (Å²) >= 11 is 0. The molecule has 3 N–H and O–H groups in total. The zero-order valence-corrected chi connectivity index (χ0v) is 8.88. The average Bonchev–Trinajstić information content (AvgIpc) is 2.17. The summed E-state index contributed by atoms with van der Waals surface area (Å²) < 4.78 is 0. The van der Waals surface area contributed by atoms with Crippen LogP contribution in [0.15, 0.2) is 0 Å². The topological polar surface area (TPSA) is 75.4 Å². The largest absolute Gasteiger partial charge is 0.358 e. The molecule has 5 nitrogen and oxygen atoms in total. The van der Waals surface area contributed by atoms with E-state index in [1.54, 1.807) is 7.05 Å². The summed E-state index contributed by atoms with van der Waals surface area (Å²) in [7, 11) is 1.56. The Bertz CT molecular complexity index is 194. The first-order chi connectivity index (χ1) is 6.65. The zero-order valence-electron chi connectivity index (χ0n) is 8.88. The van der Waals surface area contributed by atoms with Crippen molar-refractivity contribution in [3.63, 3.8) is 0 Å². The van der Waals surface area contributed by atoms with Crippen LogP contribution in [0.1, 0.15) is 19.8 Å². The second-order valence-electron chi connectivity index (χ2n) is 3.03. The number of nitrogens with zero attached hydrogens (tertiary/aromatic N) is 1. The lowest BCUT2D eigenvalue weighted by atomic mass is 10.3. The van der Waals surface area contributed by atoms with Crippen LogP contribution in [-0.4, -0.2) is 43.4 Å². The first-order valence-electron chi connectivity index (χ1n) is 4.84. The van der Waals surface area contributed by atoms with Gasteiger partial charge in [0, 0.05) is 26.6 Å². The van der Waals surface area contributed by atoms with Crippen LogP contribution in [0.5, 0.6) is 0 Å². The second-order valence-corrected chi connectivity index (χ2v) is 3.03. The highest BCUT2D eigenvalue weighted by Gasteiger charge is 2.14. The van der Waals surface area contributed by atoms with Crippen molar-refractivity contribution in [1.29, 1.82) is 0 Å². The van der Waals surface area contributed by atoms with Crippen molar-refractivity contribution in [2.75, 3.05) is 26.7 Å². The van der Waals surface area contributed by atoms with Crippen molar-refractivity contribution in [2.24, 2.45) is 5.73 Å². The maximum absolute atomic E-state index is 11.5. The molecule has 0 aromatic carbocycles. The van der Waals surface area contributed by atoms with E-state index in [-0.39, 0.29) is 18.4 Å². The van der Waals surface area contributed by atoms with Gasteiger partial charge in [0.2, 0.25) is 11.8 Å². The molecule has 0 bridgehead atoms. The number of carbonyl (C=O) groups excluding carboxylic acids is 2. The molecule has 0 aromatic rings. The van der Waals surface area contributed by atoms with Gasteiger partial charge in [-0.2, -0.15) is 0 Å². The Labute approximate surface area is 84.6 Å². The first kappa shape index (κ1) is 12.9. The minimum Gasteiger partial charge on any atom is -0.358 e. The molecule has 82 valence electrons. The maximum atomic E-state index is 11.5. The number of nitrogens with two attached hydrogens (primary N) is 1. The molecular formula is C9H19N3O2. The van der Waals surface area contributed by atoms with Gasteiger partial charge < -0.3 is 16.0 Å². The monoisotopic (exact) mass is 201 g/mol. The summed E-state index contributed by atoms with van der Waals surface area (Å²) in [6.45, 7) is 3.02. The number of nitrogens with one attached hydrogen (secondary N) is 1. The summed E-state index contributed by atoms with van der Waals surface area (Å²) in [6.07, 6.45) is 1.14. The van der Waals surface area contributed by atoms with Crippen LogP contribution in [0, 0.1) is 0 Å². The number of likely N-dealkylation sites (N-methyl/N-ethyl adjacent to an activating group) is 1. The van der Waals surface area contributed by atoms with Crippen LogP contribution in [-0.2, 0) is 9.59 Å². The minimum atomic E-state index is -0.149. The van der Waals surface area contributed by atoms with Crippen LogP contribution in [0.2, 0.25) is 0 Å². The van der Waals surface area contributed by atoms with E-state index >= 15 is 0 Å². The maximum Gasteiger partial charge on any atom is 0.239 e. The number of carbonyl (C=O) groups is 2. The number of rotatable bonds is 6. The highest BCUT2D eigenvalue weighted by Crippen LogP contribution is 1.95. The fourth-order valence-corrected chi connectivity index (χ4v) is 1.10. The van der Waals surface area contributed by atoms with E-state index in [0.29, 0.717) is 19.5 Å². The number of amides is 2. The first-order valence-corrected chi connectivity index (χ1v) is 4.84. The van der Waals surface area contributed by atoms with E-state index in [1.165, 1.54) is 4.90 Å². The van der Waals surface area contributed by atoms with Crippen molar-refractivity contribution in [2.45, 2.75) is 19.8 Å². The lowest BCUT2D eigenvalue weighted by molar-refractivity contribution is -0.135. The van der Waals surface area contributed by atoms with E-state index in [2.05, 4.69) is 5.32 Å². The Kier molecular flexibility index (Phi) is 6.74. The Balaban J connectivity index is 4.13. The summed E-state index contributed by atoms with van der Waals surface area (Å²) in [5, 5.41) is 2.49. The third-order valence-corrected chi connectivity index (χ3v) is 1.82. The summed E-state index contributed by atoms with van der Waals surface area (Å²) in [5.74, 6) is -0.207. The molecule has 0 saturated carbocycles. The predicted molar refractivity (Wildman–Crippen MR) is 54.6 cm³/mol. The van der Waals surface area contributed by atoms with Gasteiger partial charge in [-0.05, 0) is 6.42 Å². The normalized spacial score (nSPS) is 9.64. The molecule has 0 saturated heterocycles. The van der Waals surface area contributed by atoms with Gasteiger partial charge in [0.1, 0.15) is 0 Å². The van der Waals surface area contributed by atoms with Crippen LogP contribution in [0.4, 0.5) is 0 Å². The minimum absolute atomic E-state index is 0.0575. The van der Waals surface area contributed by atoms with Gasteiger partial charge in [0.15, 0.2) is 0 Å². The molecule has 0 radical (unpaired) electrons. The molecule has 0 aliphatic rings. The summed E-state index contributed by atoms with van der Waals surface area (Å²) in [6, 6.07) is 0. The van der Waals surface area contributed by atoms with Crippen molar-refractivity contribution >= 4 is 11.8 Å². The zero-order chi connectivity index (χ0) is 11.0. The van der Waals surface area contributed by atoms with Gasteiger partial charge >= 0.3 is 0 Å². The third-order valence-electron chi connectivity index (χ3n) is 1.82. The van der Waals surface area contributed by atoms with Gasteiger partial charge in [0.25, 0.3) is 0 Å². The van der Waals surface area contributed by atoms with E-state index < -0.39 is 0 Å². The fraction of sp³-hybridized carbons (Fsp3) is 0.778. The number of hydrogen-bond acceptors (Lipinski definition) is 3. The predicted octanol–water partition coefficient (Wildman–Crippen LogP) is -0.680. The molecule has 14 heavy (non-hydrogen) atoms.